The van der Waals surface area contributed by atoms with E-state index < -0.39 is 5.60 Å². The summed E-state index contributed by atoms with van der Waals surface area (Å²) in [7, 11) is 0. The van der Waals surface area contributed by atoms with Gasteiger partial charge in [0.05, 0.1) is 11.5 Å². The molecule has 2 saturated carbocycles. The van der Waals surface area contributed by atoms with Crippen LogP contribution in [0.25, 0.3) is 0 Å². The molecule has 0 aromatic heterocycles. The Morgan fingerprint density at radius 2 is 2.00 bits per heavy atom. The molecular weight excluding hydrogens is 228 g/mol. The Morgan fingerprint density at radius 1 is 1.28 bits per heavy atom. The van der Waals surface area contributed by atoms with E-state index in [1.165, 1.54) is 0 Å². The number of ether oxygens (including phenoxy) is 1. The van der Waals surface area contributed by atoms with Crippen LogP contribution in [-0.4, -0.2) is 22.8 Å². The number of aliphatic hydroxyl groups is 1. The lowest BCUT2D eigenvalue weighted by Crippen LogP contribution is -2.57. The van der Waals surface area contributed by atoms with Gasteiger partial charge in [0.1, 0.15) is 6.10 Å². The molecule has 3 aliphatic rings. The van der Waals surface area contributed by atoms with Crippen molar-refractivity contribution in [2.24, 2.45) is 23.2 Å². The van der Waals surface area contributed by atoms with Crippen molar-refractivity contribution in [2.75, 3.05) is 0 Å². The molecular formula is C15H24O3. The smallest absolute Gasteiger partial charge is 0.309 e. The lowest BCUT2D eigenvalue weighted by molar-refractivity contribution is -0.181. The molecule has 2 aliphatic carbocycles. The molecule has 1 heterocycles. The fraction of sp³-hybridized carbons (Fsp3) is 0.933. The average Bonchev–Trinajstić information content (AvgIpc) is 2.52. The van der Waals surface area contributed by atoms with Gasteiger partial charge in [-0.05, 0) is 38.0 Å². The van der Waals surface area contributed by atoms with Gasteiger partial charge in [0.15, 0.2) is 0 Å². The summed E-state index contributed by atoms with van der Waals surface area (Å²) in [5, 5.41) is 10.8. The second-order valence-electron chi connectivity index (χ2n) is 7.24. The summed E-state index contributed by atoms with van der Waals surface area (Å²) >= 11 is 0. The van der Waals surface area contributed by atoms with E-state index in [4.69, 9.17) is 4.74 Å². The van der Waals surface area contributed by atoms with Crippen molar-refractivity contribution in [3.63, 3.8) is 0 Å². The van der Waals surface area contributed by atoms with Gasteiger partial charge in [0.2, 0.25) is 0 Å². The highest BCUT2D eigenvalue weighted by molar-refractivity contribution is 5.75. The first kappa shape index (κ1) is 12.5. The van der Waals surface area contributed by atoms with E-state index in [-0.39, 0.29) is 29.3 Å². The lowest BCUT2D eigenvalue weighted by atomic mass is 9.52. The van der Waals surface area contributed by atoms with Gasteiger partial charge < -0.3 is 9.84 Å². The number of hydrogen-bond donors (Lipinski definition) is 1. The van der Waals surface area contributed by atoms with Crippen LogP contribution in [0.5, 0.6) is 0 Å². The third-order valence-corrected chi connectivity index (χ3v) is 5.92. The first-order chi connectivity index (χ1) is 8.35. The summed E-state index contributed by atoms with van der Waals surface area (Å²) in [6.45, 7) is 6.19. The molecule has 18 heavy (non-hydrogen) atoms. The molecule has 1 N–H and O–H groups in total. The topological polar surface area (TPSA) is 46.5 Å². The van der Waals surface area contributed by atoms with Gasteiger partial charge in [0.25, 0.3) is 0 Å². The zero-order valence-corrected chi connectivity index (χ0v) is 11.6. The highest BCUT2D eigenvalue weighted by atomic mass is 16.6. The van der Waals surface area contributed by atoms with E-state index in [1.807, 2.05) is 13.8 Å². The molecule has 1 aliphatic heterocycles. The van der Waals surface area contributed by atoms with Crippen molar-refractivity contribution in [3.8, 4) is 0 Å². The Bertz CT molecular complexity index is 376. The maximum absolute atomic E-state index is 11.8. The van der Waals surface area contributed by atoms with Crippen molar-refractivity contribution in [3.05, 3.63) is 0 Å². The minimum Gasteiger partial charge on any atom is -0.461 e. The molecule has 0 amide bonds. The zero-order valence-electron chi connectivity index (χ0n) is 11.6. The van der Waals surface area contributed by atoms with E-state index in [9.17, 15) is 9.90 Å². The molecule has 3 heteroatoms. The Hall–Kier alpha value is -0.570. The number of carbonyl (C=O) groups is 1. The molecule has 0 aromatic rings. The van der Waals surface area contributed by atoms with Crippen LogP contribution in [0, 0.1) is 23.2 Å². The maximum Gasteiger partial charge on any atom is 0.309 e. The molecule has 3 nitrogen and oxygen atoms in total. The molecule has 1 saturated heterocycles. The van der Waals surface area contributed by atoms with Gasteiger partial charge in [-0.2, -0.15) is 0 Å². The minimum absolute atomic E-state index is 0.0114. The van der Waals surface area contributed by atoms with E-state index in [2.05, 4.69) is 6.92 Å². The first-order valence-corrected chi connectivity index (χ1v) is 7.28. The van der Waals surface area contributed by atoms with Crippen molar-refractivity contribution in [2.45, 2.75) is 64.6 Å². The van der Waals surface area contributed by atoms with E-state index in [1.54, 1.807) is 0 Å². The quantitative estimate of drug-likeness (QED) is 0.674. The summed E-state index contributed by atoms with van der Waals surface area (Å²) in [6, 6.07) is 0. The number of esters is 1. The summed E-state index contributed by atoms with van der Waals surface area (Å²) < 4.78 is 5.65. The second kappa shape index (κ2) is 3.72. The standard InChI is InChI=1S/C15H24O3/c1-9-10-5-8-14(2)6-4-7-15(3,17)12(14)11(10)18-13(9)16/h9-12,17H,4-8H2,1-3H3/t9-,10-,11-,12?,14+,15+/m0/s1. The van der Waals surface area contributed by atoms with Crippen LogP contribution in [0.4, 0.5) is 0 Å². The zero-order chi connectivity index (χ0) is 13.1. The normalized spacial score (nSPS) is 55.7. The second-order valence-corrected chi connectivity index (χ2v) is 7.24. The van der Waals surface area contributed by atoms with Crippen LogP contribution in [0.3, 0.4) is 0 Å². The Balaban J connectivity index is 1.98. The predicted molar refractivity (Wildman–Crippen MR) is 67.8 cm³/mol. The van der Waals surface area contributed by atoms with Crippen LogP contribution in [0.1, 0.15) is 52.9 Å². The predicted octanol–water partition coefficient (Wildman–Crippen LogP) is 2.52. The average molecular weight is 252 g/mol. The highest BCUT2D eigenvalue weighted by Gasteiger charge is 2.60. The van der Waals surface area contributed by atoms with Crippen LogP contribution in [-0.2, 0) is 9.53 Å². The van der Waals surface area contributed by atoms with Crippen LogP contribution < -0.4 is 0 Å². The fourth-order valence-electron chi connectivity index (χ4n) is 4.96. The largest absolute Gasteiger partial charge is 0.461 e. The van der Waals surface area contributed by atoms with Gasteiger partial charge in [-0.1, -0.05) is 20.3 Å². The summed E-state index contributed by atoms with van der Waals surface area (Å²) in [5.41, 5.74) is -0.534. The number of hydrogen-bond acceptors (Lipinski definition) is 3. The van der Waals surface area contributed by atoms with Crippen LogP contribution >= 0.6 is 0 Å². The van der Waals surface area contributed by atoms with Crippen LogP contribution in [0.2, 0.25) is 0 Å². The molecule has 3 rings (SSSR count). The Kier molecular flexibility index (Phi) is 2.58. The van der Waals surface area contributed by atoms with Gasteiger partial charge in [-0.15, -0.1) is 0 Å². The molecule has 0 bridgehead atoms. The molecule has 6 atom stereocenters. The molecule has 0 radical (unpaired) electrons. The lowest BCUT2D eigenvalue weighted by Gasteiger charge is -2.55. The number of rotatable bonds is 0. The SMILES string of the molecule is C[C@@H]1C(=O)O[C@@H]2C3[C@](C)(CCC[C@@]3(C)O)CC[C@@H]12. The third kappa shape index (κ3) is 1.56. The summed E-state index contributed by atoms with van der Waals surface area (Å²) in [5.74, 6) is 0.388. The van der Waals surface area contributed by atoms with Crippen LogP contribution in [0.15, 0.2) is 0 Å². The monoisotopic (exact) mass is 252 g/mol. The minimum atomic E-state index is -0.680. The number of carbonyl (C=O) groups excluding carboxylic acids is 1. The van der Waals surface area contributed by atoms with Gasteiger partial charge in [0, 0.05) is 11.8 Å². The van der Waals surface area contributed by atoms with Crippen molar-refractivity contribution in [1.29, 1.82) is 0 Å². The van der Waals surface area contributed by atoms with E-state index in [0.29, 0.717) is 5.92 Å². The molecule has 1 unspecified atom stereocenters. The van der Waals surface area contributed by atoms with Crippen molar-refractivity contribution < 1.29 is 14.6 Å². The van der Waals surface area contributed by atoms with Gasteiger partial charge >= 0.3 is 5.97 Å². The fourth-order valence-corrected chi connectivity index (χ4v) is 4.96. The Morgan fingerprint density at radius 3 is 2.72 bits per heavy atom. The van der Waals surface area contributed by atoms with Crippen molar-refractivity contribution >= 4 is 5.97 Å². The molecule has 0 aromatic carbocycles. The van der Waals surface area contributed by atoms with Gasteiger partial charge in [-0.25, -0.2) is 0 Å². The molecule has 3 fully saturated rings. The number of fused-ring (bicyclic) bond motifs is 3. The van der Waals surface area contributed by atoms with E-state index >= 15 is 0 Å². The Labute approximate surface area is 109 Å². The maximum atomic E-state index is 11.8. The molecule has 0 spiro atoms. The first-order valence-electron chi connectivity index (χ1n) is 7.28. The van der Waals surface area contributed by atoms with Crippen molar-refractivity contribution in [1.82, 2.24) is 0 Å². The summed E-state index contributed by atoms with van der Waals surface area (Å²) in [6.07, 6.45) is 5.21. The summed E-state index contributed by atoms with van der Waals surface area (Å²) in [4.78, 5) is 11.8. The highest BCUT2D eigenvalue weighted by Crippen LogP contribution is 2.58. The van der Waals surface area contributed by atoms with E-state index in [0.717, 1.165) is 32.1 Å². The molecule has 102 valence electrons. The third-order valence-electron chi connectivity index (χ3n) is 5.92. The van der Waals surface area contributed by atoms with Gasteiger partial charge in [-0.3, -0.25) is 4.79 Å².